The van der Waals surface area contributed by atoms with Crippen molar-refractivity contribution in [3.05, 3.63) is 35.7 Å². The van der Waals surface area contributed by atoms with Crippen molar-refractivity contribution in [2.24, 2.45) is 11.8 Å². The number of benzene rings is 1. The summed E-state index contributed by atoms with van der Waals surface area (Å²) < 4.78 is 28.2. The molecule has 0 aliphatic carbocycles. The summed E-state index contributed by atoms with van der Waals surface area (Å²) in [4.78, 5) is 14.7. The Kier molecular flexibility index (Phi) is 7.87. The molecule has 1 aliphatic rings. The number of sulfonamides is 1. The Morgan fingerprint density at radius 3 is 2.34 bits per heavy atom. The van der Waals surface area contributed by atoms with Crippen molar-refractivity contribution in [2.45, 2.75) is 52.4 Å². The summed E-state index contributed by atoms with van der Waals surface area (Å²) in [5.74, 6) is 1.99. The number of piperidine rings is 1. The van der Waals surface area contributed by atoms with E-state index in [0.717, 1.165) is 25.1 Å². The van der Waals surface area contributed by atoms with Crippen LogP contribution in [0.3, 0.4) is 0 Å². The Labute approximate surface area is 195 Å². The van der Waals surface area contributed by atoms with Crippen LogP contribution in [0.5, 0.6) is 0 Å². The fourth-order valence-electron chi connectivity index (χ4n) is 4.18. The molecular weight excluding hydrogens is 446 g/mol. The van der Waals surface area contributed by atoms with E-state index in [9.17, 15) is 13.2 Å². The molecule has 0 spiro atoms. The molecule has 3 rings (SSSR count). The smallest absolute Gasteiger partial charge is 0.233 e. The van der Waals surface area contributed by atoms with Crippen LogP contribution in [0.2, 0.25) is 0 Å². The van der Waals surface area contributed by atoms with E-state index >= 15 is 0 Å². The number of hydrogen-bond acceptors (Lipinski definition) is 6. The molecule has 0 saturated carbocycles. The maximum absolute atomic E-state index is 12.8. The van der Waals surface area contributed by atoms with Gasteiger partial charge in [0.1, 0.15) is 0 Å². The Hall–Kier alpha value is -2.07. The summed E-state index contributed by atoms with van der Waals surface area (Å²) in [7, 11) is -3.51. The van der Waals surface area contributed by atoms with Crippen molar-refractivity contribution in [3.8, 4) is 0 Å². The highest BCUT2D eigenvalue weighted by Gasteiger charge is 2.26. The van der Waals surface area contributed by atoms with Crippen LogP contribution in [0.4, 0.5) is 5.69 Å². The summed E-state index contributed by atoms with van der Waals surface area (Å²) in [6.07, 6.45) is 2.34. The third-order valence-electron chi connectivity index (χ3n) is 5.66. The standard InChI is InChI=1S/C22H33N5O3S2/c1-6-26-20(14-27(32(5,29)30)19-9-7-16(2)8-10-19)23-24-22(26)31-15-21(28)25-12-17(3)11-18(4)13-25/h7-10,17-18H,6,11-15H2,1-5H3/t17-,18-/m1/s1. The van der Waals surface area contributed by atoms with Gasteiger partial charge in [0.05, 0.1) is 24.2 Å². The predicted octanol–water partition coefficient (Wildman–Crippen LogP) is 3.17. The van der Waals surface area contributed by atoms with Crippen LogP contribution in [0.15, 0.2) is 29.4 Å². The predicted molar refractivity (Wildman–Crippen MR) is 128 cm³/mol. The number of carbonyl (C=O) groups excluding carboxylic acids is 1. The first kappa shape index (κ1) is 24.6. The lowest BCUT2D eigenvalue weighted by atomic mass is 9.92. The monoisotopic (exact) mass is 479 g/mol. The molecule has 0 N–H and O–H groups in total. The summed E-state index contributed by atoms with van der Waals surface area (Å²) >= 11 is 1.36. The van der Waals surface area contributed by atoms with E-state index < -0.39 is 10.0 Å². The summed E-state index contributed by atoms with van der Waals surface area (Å²) in [6, 6.07) is 7.34. The lowest BCUT2D eigenvalue weighted by Crippen LogP contribution is -2.43. The number of aromatic nitrogens is 3. The van der Waals surface area contributed by atoms with Crippen LogP contribution in [-0.4, -0.2) is 59.1 Å². The summed E-state index contributed by atoms with van der Waals surface area (Å²) in [5, 5.41) is 9.15. The molecule has 1 amide bonds. The van der Waals surface area contributed by atoms with Crippen molar-refractivity contribution >= 4 is 33.4 Å². The minimum Gasteiger partial charge on any atom is -0.341 e. The van der Waals surface area contributed by atoms with Gasteiger partial charge in [-0.3, -0.25) is 9.10 Å². The van der Waals surface area contributed by atoms with Gasteiger partial charge in [-0.2, -0.15) is 0 Å². The molecule has 1 fully saturated rings. The summed E-state index contributed by atoms with van der Waals surface area (Å²) in [6.45, 7) is 10.6. The van der Waals surface area contributed by atoms with Crippen molar-refractivity contribution in [3.63, 3.8) is 0 Å². The summed E-state index contributed by atoms with van der Waals surface area (Å²) in [5.41, 5.74) is 1.64. The van der Waals surface area contributed by atoms with Crippen LogP contribution in [0, 0.1) is 18.8 Å². The first-order valence-electron chi connectivity index (χ1n) is 11.0. The van der Waals surface area contributed by atoms with Gasteiger partial charge in [0.25, 0.3) is 0 Å². The first-order valence-corrected chi connectivity index (χ1v) is 13.8. The van der Waals surface area contributed by atoms with Gasteiger partial charge < -0.3 is 9.47 Å². The van der Waals surface area contributed by atoms with E-state index in [4.69, 9.17) is 0 Å². The number of likely N-dealkylation sites (tertiary alicyclic amines) is 1. The van der Waals surface area contributed by atoms with Gasteiger partial charge in [0.15, 0.2) is 11.0 Å². The van der Waals surface area contributed by atoms with Crippen LogP contribution in [-0.2, 0) is 27.9 Å². The second-order valence-corrected chi connectivity index (χ2v) is 11.6. The van der Waals surface area contributed by atoms with E-state index in [1.807, 2.05) is 35.4 Å². The van der Waals surface area contributed by atoms with Gasteiger partial charge in [-0.25, -0.2) is 8.42 Å². The van der Waals surface area contributed by atoms with E-state index in [0.29, 0.717) is 40.8 Å². The highest BCUT2D eigenvalue weighted by molar-refractivity contribution is 7.99. The molecule has 176 valence electrons. The van der Waals surface area contributed by atoms with Gasteiger partial charge >= 0.3 is 0 Å². The van der Waals surface area contributed by atoms with Crippen LogP contribution in [0.25, 0.3) is 0 Å². The maximum Gasteiger partial charge on any atom is 0.233 e. The molecule has 1 aliphatic heterocycles. The average Bonchev–Trinajstić information content (AvgIpc) is 3.11. The molecule has 0 radical (unpaired) electrons. The van der Waals surface area contributed by atoms with Crippen LogP contribution >= 0.6 is 11.8 Å². The molecule has 2 aromatic rings. The van der Waals surface area contributed by atoms with E-state index in [1.54, 1.807) is 12.1 Å². The van der Waals surface area contributed by atoms with Crippen molar-refractivity contribution in [1.29, 1.82) is 0 Å². The molecule has 10 heteroatoms. The van der Waals surface area contributed by atoms with Crippen molar-refractivity contribution < 1.29 is 13.2 Å². The quantitative estimate of drug-likeness (QED) is 0.541. The molecule has 1 aromatic heterocycles. The first-order chi connectivity index (χ1) is 15.1. The molecule has 1 saturated heterocycles. The van der Waals surface area contributed by atoms with Crippen LogP contribution < -0.4 is 4.31 Å². The molecule has 8 nitrogen and oxygen atoms in total. The lowest BCUT2D eigenvalue weighted by Gasteiger charge is -2.34. The van der Waals surface area contributed by atoms with E-state index in [2.05, 4.69) is 24.0 Å². The van der Waals surface area contributed by atoms with E-state index in [-0.39, 0.29) is 12.5 Å². The maximum atomic E-state index is 12.8. The SMILES string of the molecule is CCn1c(CN(c2ccc(C)cc2)S(C)(=O)=O)nnc1SCC(=O)N1C[C@H](C)C[C@@H](C)C1. The number of thioether (sulfide) groups is 1. The zero-order chi connectivity index (χ0) is 23.5. The normalized spacial score (nSPS) is 19.2. The molecule has 1 aromatic carbocycles. The highest BCUT2D eigenvalue weighted by atomic mass is 32.2. The number of aryl methyl sites for hydroxylation is 1. The number of amides is 1. The van der Waals surface area contributed by atoms with Crippen molar-refractivity contribution in [1.82, 2.24) is 19.7 Å². The van der Waals surface area contributed by atoms with Gasteiger partial charge in [0.2, 0.25) is 15.9 Å². The number of nitrogens with zero attached hydrogens (tertiary/aromatic N) is 5. The number of anilines is 1. The fraction of sp³-hybridized carbons (Fsp3) is 0.591. The highest BCUT2D eigenvalue weighted by Crippen LogP contribution is 2.25. The largest absolute Gasteiger partial charge is 0.341 e. The second kappa shape index (κ2) is 10.2. The minimum absolute atomic E-state index is 0.0817. The van der Waals surface area contributed by atoms with Crippen LogP contribution in [0.1, 0.15) is 38.6 Å². The third kappa shape index (κ3) is 6.04. The number of carbonyl (C=O) groups is 1. The third-order valence-corrected chi connectivity index (χ3v) is 7.76. The Morgan fingerprint density at radius 2 is 1.78 bits per heavy atom. The second-order valence-electron chi connectivity index (χ2n) is 8.78. The molecule has 32 heavy (non-hydrogen) atoms. The topological polar surface area (TPSA) is 88.4 Å². The molecule has 0 unspecified atom stereocenters. The van der Waals surface area contributed by atoms with Gasteiger partial charge in [-0.1, -0.05) is 43.3 Å². The Balaban J connectivity index is 1.73. The molecular formula is C22H33N5O3S2. The minimum atomic E-state index is -3.51. The average molecular weight is 480 g/mol. The Bertz CT molecular complexity index is 1030. The van der Waals surface area contributed by atoms with Gasteiger partial charge in [-0.15, -0.1) is 10.2 Å². The number of rotatable bonds is 8. The lowest BCUT2D eigenvalue weighted by molar-refractivity contribution is -0.130. The zero-order valence-electron chi connectivity index (χ0n) is 19.5. The van der Waals surface area contributed by atoms with Gasteiger partial charge in [-0.05, 0) is 44.2 Å². The fourth-order valence-corrected chi connectivity index (χ4v) is 5.96. The zero-order valence-corrected chi connectivity index (χ0v) is 21.1. The molecule has 0 bridgehead atoms. The van der Waals surface area contributed by atoms with Gasteiger partial charge in [0, 0.05) is 19.6 Å². The molecule has 2 heterocycles. The molecule has 2 atom stereocenters. The Morgan fingerprint density at radius 1 is 1.16 bits per heavy atom. The van der Waals surface area contributed by atoms with Crippen molar-refractivity contribution in [2.75, 3.05) is 29.4 Å². The number of hydrogen-bond donors (Lipinski definition) is 0. The van der Waals surface area contributed by atoms with E-state index in [1.165, 1.54) is 22.3 Å².